The smallest absolute Gasteiger partial charge is 0.177 e. The van der Waals surface area contributed by atoms with E-state index in [-0.39, 0.29) is 0 Å². The minimum atomic E-state index is 0.379. The second-order valence-corrected chi connectivity index (χ2v) is 5.08. The van der Waals surface area contributed by atoms with Gasteiger partial charge in [-0.25, -0.2) is 0 Å². The van der Waals surface area contributed by atoms with Crippen LogP contribution < -0.4 is 5.32 Å². The fraction of sp³-hybridized carbons (Fsp3) is 0.545. The van der Waals surface area contributed by atoms with Crippen LogP contribution in [0.1, 0.15) is 26.7 Å². The lowest BCUT2D eigenvalue weighted by Gasteiger charge is -2.45. The molecule has 2 aromatic rings. The van der Waals surface area contributed by atoms with E-state index in [0.717, 1.165) is 11.5 Å². The van der Waals surface area contributed by atoms with Crippen molar-refractivity contribution in [1.29, 1.82) is 0 Å². The zero-order valence-electron chi connectivity index (χ0n) is 9.51. The number of fused-ring (bicyclic) bond motifs is 1. The number of nitrogens with one attached hydrogen (secondary N) is 1. The zero-order chi connectivity index (χ0) is 11.2. The summed E-state index contributed by atoms with van der Waals surface area (Å²) in [6.07, 6.45) is 4.11. The topological polar surface area (TPSA) is 55.1 Å². The fourth-order valence-corrected chi connectivity index (χ4v) is 2.12. The van der Waals surface area contributed by atoms with Gasteiger partial charge in [0.15, 0.2) is 5.65 Å². The predicted octanol–water partition coefficient (Wildman–Crippen LogP) is 1.72. The monoisotopic (exact) mass is 217 g/mol. The van der Waals surface area contributed by atoms with Crippen LogP contribution in [0.5, 0.6) is 0 Å². The summed E-state index contributed by atoms with van der Waals surface area (Å²) in [6.45, 7) is 4.57. The Balaban J connectivity index is 1.84. The van der Waals surface area contributed by atoms with E-state index in [1.54, 1.807) is 10.8 Å². The minimum Gasteiger partial charge on any atom is -0.365 e. The second-order valence-electron chi connectivity index (χ2n) is 5.08. The minimum absolute atomic E-state index is 0.379. The molecular weight excluding hydrogens is 202 g/mol. The van der Waals surface area contributed by atoms with Gasteiger partial charge in [0, 0.05) is 6.04 Å². The largest absolute Gasteiger partial charge is 0.365 e. The molecule has 1 N–H and O–H groups in total. The van der Waals surface area contributed by atoms with Crippen LogP contribution in [0, 0.1) is 5.41 Å². The molecule has 5 nitrogen and oxygen atoms in total. The molecule has 16 heavy (non-hydrogen) atoms. The molecular formula is C11H15N5. The highest BCUT2D eigenvalue weighted by molar-refractivity contribution is 5.44. The summed E-state index contributed by atoms with van der Waals surface area (Å²) in [7, 11) is 0. The third kappa shape index (κ3) is 1.43. The maximum atomic E-state index is 4.40. The summed E-state index contributed by atoms with van der Waals surface area (Å²) in [4.78, 5) is 0. The Kier molecular flexibility index (Phi) is 1.89. The van der Waals surface area contributed by atoms with Gasteiger partial charge in [-0.15, -0.1) is 15.3 Å². The summed E-state index contributed by atoms with van der Waals surface area (Å²) in [5.41, 5.74) is 1.16. The molecule has 1 atom stereocenters. The molecule has 0 aliphatic heterocycles. The van der Waals surface area contributed by atoms with Crippen molar-refractivity contribution in [2.24, 2.45) is 5.41 Å². The van der Waals surface area contributed by atoms with Gasteiger partial charge in [-0.1, -0.05) is 13.8 Å². The Hall–Kier alpha value is -1.65. The van der Waals surface area contributed by atoms with Crippen molar-refractivity contribution in [3.8, 4) is 0 Å². The van der Waals surface area contributed by atoms with E-state index in [4.69, 9.17) is 0 Å². The lowest BCUT2D eigenvalue weighted by molar-refractivity contribution is 0.159. The first kappa shape index (κ1) is 9.57. The average molecular weight is 217 g/mol. The first-order valence-corrected chi connectivity index (χ1v) is 5.59. The molecule has 0 aromatic carbocycles. The molecule has 0 saturated heterocycles. The van der Waals surface area contributed by atoms with Gasteiger partial charge < -0.3 is 5.32 Å². The number of anilines is 1. The van der Waals surface area contributed by atoms with Gasteiger partial charge in [-0.2, -0.15) is 4.52 Å². The van der Waals surface area contributed by atoms with E-state index in [1.807, 2.05) is 12.1 Å². The maximum Gasteiger partial charge on any atom is 0.177 e. The first-order valence-electron chi connectivity index (χ1n) is 5.59. The van der Waals surface area contributed by atoms with Gasteiger partial charge in [-0.3, -0.25) is 0 Å². The Bertz CT molecular complexity index is 516. The lowest BCUT2D eigenvalue weighted by atomic mass is 9.67. The average Bonchev–Trinajstić information content (AvgIpc) is 2.71. The highest BCUT2D eigenvalue weighted by atomic mass is 15.4. The fourth-order valence-electron chi connectivity index (χ4n) is 2.12. The number of nitrogens with zero attached hydrogens (tertiary/aromatic N) is 4. The molecule has 0 radical (unpaired) electrons. The van der Waals surface area contributed by atoms with Gasteiger partial charge in [0.25, 0.3) is 0 Å². The quantitative estimate of drug-likeness (QED) is 0.832. The Morgan fingerprint density at radius 3 is 3.00 bits per heavy atom. The highest BCUT2D eigenvalue weighted by Gasteiger charge is 2.38. The second kappa shape index (κ2) is 3.17. The van der Waals surface area contributed by atoms with Crippen molar-refractivity contribution in [2.75, 3.05) is 5.32 Å². The van der Waals surface area contributed by atoms with Crippen molar-refractivity contribution in [3.05, 3.63) is 18.5 Å². The predicted molar refractivity (Wildman–Crippen MR) is 61.2 cm³/mol. The summed E-state index contributed by atoms with van der Waals surface area (Å²) in [5.74, 6) is 0.894. The Morgan fingerprint density at radius 1 is 1.44 bits per heavy atom. The molecule has 2 heterocycles. The number of rotatable bonds is 2. The van der Waals surface area contributed by atoms with Crippen LogP contribution >= 0.6 is 0 Å². The lowest BCUT2D eigenvalue weighted by Crippen LogP contribution is -2.45. The molecule has 0 amide bonds. The van der Waals surface area contributed by atoms with Crippen LogP contribution in [0.15, 0.2) is 18.5 Å². The number of hydrogen-bond donors (Lipinski definition) is 1. The van der Waals surface area contributed by atoms with Crippen molar-refractivity contribution >= 4 is 11.5 Å². The Morgan fingerprint density at radius 2 is 2.31 bits per heavy atom. The maximum absolute atomic E-state index is 4.40. The molecule has 0 spiro atoms. The van der Waals surface area contributed by atoms with Crippen LogP contribution in [-0.2, 0) is 0 Å². The molecule has 1 aliphatic carbocycles. The normalized spacial score (nSPS) is 23.0. The van der Waals surface area contributed by atoms with E-state index in [0.29, 0.717) is 11.5 Å². The molecule has 84 valence electrons. The third-order valence-electron chi connectivity index (χ3n) is 3.50. The third-order valence-corrected chi connectivity index (χ3v) is 3.50. The molecule has 1 aliphatic rings. The molecule has 1 fully saturated rings. The van der Waals surface area contributed by atoms with Gasteiger partial charge in [0.05, 0.1) is 0 Å². The molecule has 1 unspecified atom stereocenters. The van der Waals surface area contributed by atoms with E-state index in [1.165, 1.54) is 12.8 Å². The molecule has 2 aromatic heterocycles. The van der Waals surface area contributed by atoms with Gasteiger partial charge in [-0.05, 0) is 30.4 Å². The van der Waals surface area contributed by atoms with Crippen LogP contribution in [0.25, 0.3) is 5.65 Å². The number of hydrogen-bond acceptors (Lipinski definition) is 4. The van der Waals surface area contributed by atoms with Crippen molar-refractivity contribution in [3.63, 3.8) is 0 Å². The van der Waals surface area contributed by atoms with Crippen LogP contribution in [0.3, 0.4) is 0 Å². The van der Waals surface area contributed by atoms with Crippen LogP contribution in [0.2, 0.25) is 0 Å². The highest BCUT2D eigenvalue weighted by Crippen LogP contribution is 2.41. The van der Waals surface area contributed by atoms with Gasteiger partial charge in [0.1, 0.15) is 12.1 Å². The SMILES string of the molecule is CC1(C)CCC1Nc1ccc2nncn2n1. The molecule has 3 rings (SSSR count). The molecule has 5 heteroatoms. The van der Waals surface area contributed by atoms with E-state index >= 15 is 0 Å². The molecule has 1 saturated carbocycles. The van der Waals surface area contributed by atoms with Crippen molar-refractivity contribution in [2.45, 2.75) is 32.7 Å². The summed E-state index contributed by atoms with van der Waals surface area (Å²) in [5, 5.41) is 15.6. The van der Waals surface area contributed by atoms with E-state index in [9.17, 15) is 0 Å². The summed E-state index contributed by atoms with van der Waals surface area (Å²) < 4.78 is 1.69. The Labute approximate surface area is 93.9 Å². The van der Waals surface area contributed by atoms with Crippen LogP contribution in [-0.4, -0.2) is 25.9 Å². The zero-order valence-corrected chi connectivity index (χ0v) is 9.51. The van der Waals surface area contributed by atoms with Gasteiger partial charge >= 0.3 is 0 Å². The van der Waals surface area contributed by atoms with E-state index in [2.05, 4.69) is 34.5 Å². The number of aromatic nitrogens is 4. The molecule has 0 bridgehead atoms. The van der Waals surface area contributed by atoms with Crippen molar-refractivity contribution < 1.29 is 0 Å². The van der Waals surface area contributed by atoms with Crippen LogP contribution in [0.4, 0.5) is 5.82 Å². The standard InChI is InChI=1S/C11H15N5/c1-11(2)6-5-8(11)13-9-3-4-10-14-12-7-16(10)15-9/h3-4,7-8H,5-6H2,1-2H3,(H,13,15). The van der Waals surface area contributed by atoms with Gasteiger partial charge in [0.2, 0.25) is 0 Å². The first-order chi connectivity index (χ1) is 7.65. The van der Waals surface area contributed by atoms with E-state index < -0.39 is 0 Å². The van der Waals surface area contributed by atoms with Crippen molar-refractivity contribution in [1.82, 2.24) is 19.8 Å². The summed E-state index contributed by atoms with van der Waals surface area (Å²) >= 11 is 0. The summed E-state index contributed by atoms with van der Waals surface area (Å²) in [6, 6.07) is 4.40.